The molecule has 1 unspecified atom stereocenters. The fraction of sp³-hybridized carbons (Fsp3) is 0.632. The number of hydrogen-bond acceptors (Lipinski definition) is 3. The molecule has 126 valence electrons. The predicted molar refractivity (Wildman–Crippen MR) is 92.2 cm³/mol. The molecule has 1 heterocycles. The zero-order chi connectivity index (χ0) is 16.3. The van der Waals surface area contributed by atoms with Gasteiger partial charge in [0.2, 0.25) is 0 Å². The number of amides is 1. The van der Waals surface area contributed by atoms with E-state index >= 15 is 0 Å². The molecule has 0 radical (unpaired) electrons. The van der Waals surface area contributed by atoms with Crippen molar-refractivity contribution >= 4 is 11.6 Å². The molecule has 1 aliphatic carbocycles. The first-order chi connectivity index (χ1) is 11.0. The van der Waals surface area contributed by atoms with Crippen molar-refractivity contribution in [3.8, 4) is 0 Å². The molecule has 0 bridgehead atoms. The van der Waals surface area contributed by atoms with Crippen LogP contribution in [0.2, 0.25) is 0 Å². The molecule has 1 atom stereocenters. The van der Waals surface area contributed by atoms with Crippen molar-refractivity contribution in [3.05, 3.63) is 29.8 Å². The number of likely N-dealkylation sites (tertiary alicyclic amines) is 1. The van der Waals surface area contributed by atoms with Crippen LogP contribution in [0.15, 0.2) is 24.3 Å². The molecule has 0 aromatic heterocycles. The summed E-state index contributed by atoms with van der Waals surface area (Å²) in [4.78, 5) is 14.7. The van der Waals surface area contributed by atoms with Crippen LogP contribution < -0.4 is 5.32 Å². The third-order valence-corrected chi connectivity index (χ3v) is 5.21. The predicted octanol–water partition coefficient (Wildman–Crippen LogP) is 3.16. The summed E-state index contributed by atoms with van der Waals surface area (Å²) in [6.07, 6.45) is 5.63. The lowest BCUT2D eigenvalue weighted by Crippen LogP contribution is -2.40. The molecule has 4 nitrogen and oxygen atoms in total. The summed E-state index contributed by atoms with van der Waals surface area (Å²) in [7, 11) is 0. The lowest BCUT2D eigenvalue weighted by molar-refractivity contribution is -0.133. The largest absolute Gasteiger partial charge is 0.380 e. The SMILES string of the molecule is CC1CCCN(Cc2ccc(NC(=O)C3(O)CCCC3)cc2)C1. The van der Waals surface area contributed by atoms with E-state index in [0.717, 1.165) is 31.0 Å². The second-order valence-corrected chi connectivity index (χ2v) is 7.37. The third-order valence-electron chi connectivity index (χ3n) is 5.21. The van der Waals surface area contributed by atoms with E-state index in [9.17, 15) is 9.90 Å². The Hall–Kier alpha value is -1.39. The van der Waals surface area contributed by atoms with Crippen LogP contribution in [0.4, 0.5) is 5.69 Å². The summed E-state index contributed by atoms with van der Waals surface area (Å²) in [6, 6.07) is 8.04. The van der Waals surface area contributed by atoms with Gasteiger partial charge in [-0.3, -0.25) is 9.69 Å². The maximum Gasteiger partial charge on any atom is 0.256 e. The summed E-state index contributed by atoms with van der Waals surface area (Å²) in [5.74, 6) is 0.530. The van der Waals surface area contributed by atoms with Gasteiger partial charge < -0.3 is 10.4 Å². The van der Waals surface area contributed by atoms with Gasteiger partial charge in [0.1, 0.15) is 5.60 Å². The van der Waals surface area contributed by atoms with Gasteiger partial charge in [-0.2, -0.15) is 0 Å². The summed E-state index contributed by atoms with van der Waals surface area (Å²) in [5.41, 5.74) is 0.880. The van der Waals surface area contributed by atoms with Crippen molar-refractivity contribution in [2.45, 2.75) is 57.6 Å². The molecule has 23 heavy (non-hydrogen) atoms. The molecule has 1 saturated carbocycles. The Morgan fingerprint density at radius 3 is 2.61 bits per heavy atom. The lowest BCUT2D eigenvalue weighted by Gasteiger charge is -2.30. The molecule has 1 aromatic carbocycles. The Morgan fingerprint density at radius 1 is 1.26 bits per heavy atom. The monoisotopic (exact) mass is 316 g/mol. The van der Waals surface area contributed by atoms with Crippen LogP contribution in [0.25, 0.3) is 0 Å². The van der Waals surface area contributed by atoms with Crippen molar-refractivity contribution in [1.29, 1.82) is 0 Å². The Bertz CT molecular complexity index is 535. The van der Waals surface area contributed by atoms with E-state index in [2.05, 4.69) is 29.3 Å². The van der Waals surface area contributed by atoms with E-state index in [4.69, 9.17) is 0 Å². The highest BCUT2D eigenvalue weighted by molar-refractivity contribution is 5.97. The molecule has 3 rings (SSSR count). The third kappa shape index (κ3) is 4.12. The van der Waals surface area contributed by atoms with Gasteiger partial charge in [0.05, 0.1) is 0 Å². The summed E-state index contributed by atoms with van der Waals surface area (Å²) >= 11 is 0. The standard InChI is InChI=1S/C19H28N2O2/c1-15-5-4-12-21(13-15)14-16-6-8-17(9-7-16)20-18(22)19(23)10-2-3-11-19/h6-9,15,23H,2-5,10-14H2,1H3,(H,20,22). The molecule has 1 amide bonds. The van der Waals surface area contributed by atoms with Crippen LogP contribution >= 0.6 is 0 Å². The minimum atomic E-state index is -1.16. The van der Waals surface area contributed by atoms with Gasteiger partial charge in [-0.25, -0.2) is 0 Å². The minimum Gasteiger partial charge on any atom is -0.380 e. The Morgan fingerprint density at radius 2 is 1.96 bits per heavy atom. The average molecular weight is 316 g/mol. The lowest BCUT2D eigenvalue weighted by atomic mass is 9.99. The molecule has 0 spiro atoms. The number of nitrogens with zero attached hydrogens (tertiary/aromatic N) is 1. The normalized spacial score (nSPS) is 24.5. The van der Waals surface area contributed by atoms with E-state index in [-0.39, 0.29) is 5.91 Å². The highest BCUT2D eigenvalue weighted by Gasteiger charge is 2.38. The maximum absolute atomic E-state index is 12.2. The molecular weight excluding hydrogens is 288 g/mol. The summed E-state index contributed by atoms with van der Waals surface area (Å²) in [5, 5.41) is 13.2. The fourth-order valence-corrected chi connectivity index (χ4v) is 3.82. The minimum absolute atomic E-state index is 0.257. The summed E-state index contributed by atoms with van der Waals surface area (Å²) < 4.78 is 0. The number of piperidine rings is 1. The fourth-order valence-electron chi connectivity index (χ4n) is 3.82. The van der Waals surface area contributed by atoms with Gasteiger partial charge in [-0.05, 0) is 68.7 Å². The zero-order valence-electron chi connectivity index (χ0n) is 14.1. The first-order valence-electron chi connectivity index (χ1n) is 8.90. The molecule has 1 saturated heterocycles. The van der Waals surface area contributed by atoms with Gasteiger partial charge in [0, 0.05) is 18.8 Å². The van der Waals surface area contributed by atoms with Crippen LogP contribution in [0.3, 0.4) is 0 Å². The summed E-state index contributed by atoms with van der Waals surface area (Å²) in [6.45, 7) is 5.64. The van der Waals surface area contributed by atoms with Crippen LogP contribution in [-0.2, 0) is 11.3 Å². The van der Waals surface area contributed by atoms with Crippen LogP contribution in [0.5, 0.6) is 0 Å². The number of hydrogen-bond donors (Lipinski definition) is 2. The van der Waals surface area contributed by atoms with E-state index in [1.807, 2.05) is 12.1 Å². The topological polar surface area (TPSA) is 52.6 Å². The highest BCUT2D eigenvalue weighted by atomic mass is 16.3. The first-order valence-corrected chi connectivity index (χ1v) is 8.90. The van der Waals surface area contributed by atoms with Crippen molar-refractivity contribution in [1.82, 2.24) is 4.90 Å². The van der Waals surface area contributed by atoms with Crippen molar-refractivity contribution in [3.63, 3.8) is 0 Å². The van der Waals surface area contributed by atoms with E-state index in [1.165, 1.54) is 31.5 Å². The van der Waals surface area contributed by atoms with Gasteiger partial charge in [-0.1, -0.05) is 19.1 Å². The molecule has 4 heteroatoms. The van der Waals surface area contributed by atoms with Gasteiger partial charge in [0.25, 0.3) is 5.91 Å². The molecule has 1 aliphatic heterocycles. The van der Waals surface area contributed by atoms with Crippen molar-refractivity contribution in [2.75, 3.05) is 18.4 Å². The number of anilines is 1. The molecule has 1 aromatic rings. The average Bonchev–Trinajstić information content (AvgIpc) is 2.97. The quantitative estimate of drug-likeness (QED) is 0.897. The van der Waals surface area contributed by atoms with Gasteiger partial charge in [0.15, 0.2) is 0 Å². The van der Waals surface area contributed by atoms with Crippen molar-refractivity contribution in [2.24, 2.45) is 5.92 Å². The Labute approximate surface area is 138 Å². The van der Waals surface area contributed by atoms with Crippen LogP contribution in [-0.4, -0.2) is 34.6 Å². The van der Waals surface area contributed by atoms with Gasteiger partial charge >= 0.3 is 0 Å². The second-order valence-electron chi connectivity index (χ2n) is 7.37. The molecule has 2 aliphatic rings. The Balaban J connectivity index is 1.55. The number of aliphatic hydroxyl groups is 1. The van der Waals surface area contributed by atoms with Crippen molar-refractivity contribution < 1.29 is 9.90 Å². The highest BCUT2D eigenvalue weighted by Crippen LogP contribution is 2.30. The Kier molecular flexibility index (Phi) is 5.02. The smallest absolute Gasteiger partial charge is 0.256 e. The molecule has 2 N–H and O–H groups in total. The van der Waals surface area contributed by atoms with E-state index in [1.54, 1.807) is 0 Å². The number of carbonyl (C=O) groups is 1. The van der Waals surface area contributed by atoms with Gasteiger partial charge in [-0.15, -0.1) is 0 Å². The van der Waals surface area contributed by atoms with E-state index < -0.39 is 5.60 Å². The number of rotatable bonds is 4. The van der Waals surface area contributed by atoms with Crippen LogP contribution in [0, 0.1) is 5.92 Å². The zero-order valence-corrected chi connectivity index (χ0v) is 14.1. The first kappa shape index (κ1) is 16.5. The number of nitrogens with one attached hydrogen (secondary N) is 1. The maximum atomic E-state index is 12.2. The molecule has 2 fully saturated rings. The molecular formula is C19H28N2O2. The van der Waals surface area contributed by atoms with Crippen LogP contribution in [0.1, 0.15) is 51.0 Å². The number of carbonyl (C=O) groups excluding carboxylic acids is 1. The second kappa shape index (κ2) is 7.02. The number of benzene rings is 1. The van der Waals surface area contributed by atoms with E-state index in [0.29, 0.717) is 12.8 Å².